The van der Waals surface area contributed by atoms with E-state index in [4.69, 9.17) is 4.74 Å². The second kappa shape index (κ2) is 6.86. The molecule has 0 radical (unpaired) electrons. The number of ether oxygens (including phenoxy) is 1. The first kappa shape index (κ1) is 15.9. The summed E-state index contributed by atoms with van der Waals surface area (Å²) in [4.78, 5) is 0. The molecule has 19 heavy (non-hydrogen) atoms. The van der Waals surface area contributed by atoms with E-state index in [2.05, 4.69) is 0 Å². The van der Waals surface area contributed by atoms with E-state index in [1.807, 2.05) is 0 Å². The Hall–Kier alpha value is -1.14. The molecule has 0 aromatic heterocycles. The Labute approximate surface area is 113 Å². The molecule has 6 heteroatoms. The van der Waals surface area contributed by atoms with Gasteiger partial charge in [-0.1, -0.05) is 13.0 Å². The van der Waals surface area contributed by atoms with Crippen LogP contribution in [0.1, 0.15) is 31.4 Å². The molecule has 1 N–H and O–H groups in total. The van der Waals surface area contributed by atoms with E-state index < -0.39 is 21.8 Å². The molecule has 0 aliphatic carbocycles. The Morgan fingerprint density at radius 3 is 2.63 bits per heavy atom. The van der Waals surface area contributed by atoms with Crippen LogP contribution >= 0.6 is 0 Å². The summed E-state index contributed by atoms with van der Waals surface area (Å²) in [6.45, 7) is 1.59. The Morgan fingerprint density at radius 2 is 2.11 bits per heavy atom. The lowest BCUT2D eigenvalue weighted by atomic mass is 10.1. The van der Waals surface area contributed by atoms with Crippen LogP contribution in [0.15, 0.2) is 18.2 Å². The van der Waals surface area contributed by atoms with Gasteiger partial charge in [0.25, 0.3) is 0 Å². The molecule has 0 saturated heterocycles. The lowest BCUT2D eigenvalue weighted by Crippen LogP contribution is -2.10. The average molecular weight is 290 g/mol. The summed E-state index contributed by atoms with van der Waals surface area (Å²) in [5, 5.41) is 9.88. The van der Waals surface area contributed by atoms with Gasteiger partial charge in [-0.2, -0.15) is 0 Å². The van der Waals surface area contributed by atoms with Crippen molar-refractivity contribution in [1.29, 1.82) is 0 Å². The quantitative estimate of drug-likeness (QED) is 0.835. The fourth-order valence-electron chi connectivity index (χ4n) is 1.70. The number of benzene rings is 1. The van der Waals surface area contributed by atoms with E-state index in [0.29, 0.717) is 12.0 Å². The van der Waals surface area contributed by atoms with Gasteiger partial charge in [0.05, 0.1) is 19.0 Å². The third-order valence-electron chi connectivity index (χ3n) is 2.93. The highest BCUT2D eigenvalue weighted by Gasteiger charge is 2.13. The zero-order valence-corrected chi connectivity index (χ0v) is 11.9. The van der Waals surface area contributed by atoms with Gasteiger partial charge in [-0.3, -0.25) is 0 Å². The summed E-state index contributed by atoms with van der Waals surface area (Å²) in [5.74, 6) is -0.288. The molecule has 0 saturated carbocycles. The maximum atomic E-state index is 13.4. The summed E-state index contributed by atoms with van der Waals surface area (Å²) in [7, 11) is -1.66. The van der Waals surface area contributed by atoms with E-state index in [1.165, 1.54) is 19.2 Å². The van der Waals surface area contributed by atoms with Crippen molar-refractivity contribution < 1.29 is 22.7 Å². The fourth-order valence-corrected chi connectivity index (χ4v) is 2.59. The van der Waals surface area contributed by atoms with E-state index in [9.17, 15) is 17.9 Å². The SMILES string of the molecule is CCS(=O)(=O)CCCC(O)c1ccc(OC)c(F)c1. The Kier molecular flexibility index (Phi) is 5.75. The van der Waals surface area contributed by atoms with Crippen molar-refractivity contribution >= 4 is 9.84 Å². The van der Waals surface area contributed by atoms with Crippen molar-refractivity contribution in [3.05, 3.63) is 29.6 Å². The Balaban J connectivity index is 2.59. The maximum absolute atomic E-state index is 13.4. The van der Waals surface area contributed by atoms with Crippen LogP contribution in [0.25, 0.3) is 0 Å². The van der Waals surface area contributed by atoms with Crippen LogP contribution in [0.4, 0.5) is 4.39 Å². The van der Waals surface area contributed by atoms with Crippen molar-refractivity contribution in [3.63, 3.8) is 0 Å². The average Bonchev–Trinajstić information content (AvgIpc) is 2.38. The zero-order chi connectivity index (χ0) is 14.5. The lowest BCUT2D eigenvalue weighted by molar-refractivity contribution is 0.166. The molecular formula is C13H19FO4S. The van der Waals surface area contributed by atoms with Crippen LogP contribution in [-0.4, -0.2) is 32.1 Å². The maximum Gasteiger partial charge on any atom is 0.165 e. The Morgan fingerprint density at radius 1 is 1.42 bits per heavy atom. The standard InChI is InChI=1S/C13H19FO4S/c1-3-19(16,17)8-4-5-12(15)10-6-7-13(18-2)11(14)9-10/h6-7,9,12,15H,3-5,8H2,1-2H3. The summed E-state index contributed by atoms with van der Waals surface area (Å²) in [5.41, 5.74) is 0.423. The molecule has 1 aromatic carbocycles. The molecule has 108 valence electrons. The van der Waals surface area contributed by atoms with Gasteiger partial charge < -0.3 is 9.84 Å². The van der Waals surface area contributed by atoms with Gasteiger partial charge in [-0.25, -0.2) is 12.8 Å². The van der Waals surface area contributed by atoms with Gasteiger partial charge in [0, 0.05) is 5.75 Å². The molecule has 0 bridgehead atoms. The minimum atomic E-state index is -3.02. The van der Waals surface area contributed by atoms with Crippen molar-refractivity contribution in [1.82, 2.24) is 0 Å². The van der Waals surface area contributed by atoms with Crippen LogP contribution < -0.4 is 4.74 Å². The predicted octanol–water partition coefficient (Wildman–Crippen LogP) is 2.08. The highest BCUT2D eigenvalue weighted by Crippen LogP contribution is 2.24. The van der Waals surface area contributed by atoms with Crippen LogP contribution in [0, 0.1) is 5.82 Å². The molecule has 1 atom stereocenters. The first-order valence-corrected chi connectivity index (χ1v) is 7.93. The number of aliphatic hydroxyl groups excluding tert-OH is 1. The van der Waals surface area contributed by atoms with Crippen LogP contribution in [0.3, 0.4) is 0 Å². The second-order valence-corrected chi connectivity index (χ2v) is 6.76. The molecule has 0 amide bonds. The van der Waals surface area contributed by atoms with Crippen LogP contribution in [-0.2, 0) is 9.84 Å². The molecule has 0 heterocycles. The third-order valence-corrected chi connectivity index (χ3v) is 4.72. The van der Waals surface area contributed by atoms with E-state index >= 15 is 0 Å². The number of hydrogen-bond acceptors (Lipinski definition) is 4. The van der Waals surface area contributed by atoms with E-state index in [-0.39, 0.29) is 23.7 Å². The van der Waals surface area contributed by atoms with Crippen molar-refractivity contribution in [2.45, 2.75) is 25.9 Å². The molecular weight excluding hydrogens is 271 g/mol. The summed E-state index contributed by atoms with van der Waals surface area (Å²) >= 11 is 0. The zero-order valence-electron chi connectivity index (χ0n) is 11.1. The highest BCUT2D eigenvalue weighted by atomic mass is 32.2. The number of sulfone groups is 1. The number of halogens is 1. The van der Waals surface area contributed by atoms with Crippen molar-refractivity contribution in [3.8, 4) is 5.75 Å². The molecule has 0 aliphatic heterocycles. The number of aliphatic hydroxyl groups is 1. The molecule has 0 fully saturated rings. The number of rotatable bonds is 7. The van der Waals surface area contributed by atoms with Gasteiger partial charge in [0.2, 0.25) is 0 Å². The van der Waals surface area contributed by atoms with E-state index in [1.54, 1.807) is 13.0 Å². The van der Waals surface area contributed by atoms with E-state index in [0.717, 1.165) is 0 Å². The highest BCUT2D eigenvalue weighted by molar-refractivity contribution is 7.91. The minimum Gasteiger partial charge on any atom is -0.494 e. The first-order valence-electron chi connectivity index (χ1n) is 6.11. The van der Waals surface area contributed by atoms with Gasteiger partial charge in [0.15, 0.2) is 11.6 Å². The largest absolute Gasteiger partial charge is 0.494 e. The van der Waals surface area contributed by atoms with Gasteiger partial charge in [0.1, 0.15) is 9.84 Å². The van der Waals surface area contributed by atoms with Crippen LogP contribution in [0.5, 0.6) is 5.75 Å². The second-order valence-electron chi connectivity index (χ2n) is 4.29. The predicted molar refractivity (Wildman–Crippen MR) is 71.5 cm³/mol. The van der Waals surface area contributed by atoms with Gasteiger partial charge in [-0.05, 0) is 30.5 Å². The molecule has 1 unspecified atom stereocenters. The molecule has 4 nitrogen and oxygen atoms in total. The van der Waals surface area contributed by atoms with Crippen molar-refractivity contribution in [2.75, 3.05) is 18.6 Å². The number of methoxy groups -OCH3 is 1. The summed E-state index contributed by atoms with van der Waals surface area (Å²) < 4.78 is 40.8. The van der Waals surface area contributed by atoms with Gasteiger partial charge in [-0.15, -0.1) is 0 Å². The molecule has 1 rings (SSSR count). The molecule has 0 aliphatic rings. The smallest absolute Gasteiger partial charge is 0.165 e. The number of hydrogen-bond donors (Lipinski definition) is 1. The van der Waals surface area contributed by atoms with Gasteiger partial charge >= 0.3 is 0 Å². The lowest BCUT2D eigenvalue weighted by Gasteiger charge is -2.12. The molecule has 0 spiro atoms. The van der Waals surface area contributed by atoms with Crippen molar-refractivity contribution in [2.24, 2.45) is 0 Å². The first-order chi connectivity index (χ1) is 8.89. The normalized spacial score (nSPS) is 13.3. The Bertz CT molecular complexity index is 513. The molecule has 1 aromatic rings. The monoisotopic (exact) mass is 290 g/mol. The summed E-state index contributed by atoms with van der Waals surface area (Å²) in [6, 6.07) is 4.22. The minimum absolute atomic E-state index is 0.0409. The summed E-state index contributed by atoms with van der Waals surface area (Å²) in [6.07, 6.45) is -0.233. The third kappa shape index (κ3) is 4.80. The van der Waals surface area contributed by atoms with Crippen LogP contribution in [0.2, 0.25) is 0 Å². The topological polar surface area (TPSA) is 63.6 Å². The fraction of sp³-hybridized carbons (Fsp3) is 0.538.